The first-order chi connectivity index (χ1) is 15.6. The number of nitrogens with one attached hydrogen (secondary N) is 2. The lowest BCUT2D eigenvalue weighted by Gasteiger charge is -2.11. The van der Waals surface area contributed by atoms with Crippen LogP contribution in [-0.4, -0.2) is 41.1 Å². The number of benzene rings is 2. The fourth-order valence-corrected chi connectivity index (χ4v) is 3.51. The Morgan fingerprint density at radius 2 is 1.81 bits per heavy atom. The van der Waals surface area contributed by atoms with Crippen molar-refractivity contribution in [3.8, 4) is 17.2 Å². The number of hydrogen-bond donors (Lipinski definition) is 2. The second kappa shape index (κ2) is 9.59. The van der Waals surface area contributed by atoms with E-state index in [0.717, 1.165) is 29.9 Å². The van der Waals surface area contributed by atoms with Crippen LogP contribution >= 0.6 is 0 Å². The molecule has 0 unspecified atom stereocenters. The lowest BCUT2D eigenvalue weighted by atomic mass is 10.2. The van der Waals surface area contributed by atoms with E-state index in [-0.39, 0.29) is 18.3 Å². The summed E-state index contributed by atoms with van der Waals surface area (Å²) in [7, 11) is 3.14. The van der Waals surface area contributed by atoms with E-state index in [2.05, 4.69) is 15.7 Å². The van der Waals surface area contributed by atoms with Crippen LogP contribution in [0.25, 0.3) is 5.69 Å². The number of rotatable bonds is 9. The lowest BCUT2D eigenvalue weighted by molar-refractivity contribution is 0.240. The van der Waals surface area contributed by atoms with Gasteiger partial charge in [-0.1, -0.05) is 24.3 Å². The van der Waals surface area contributed by atoms with Gasteiger partial charge in [0.1, 0.15) is 5.82 Å². The smallest absolute Gasteiger partial charge is 0.350 e. The molecule has 2 aromatic carbocycles. The van der Waals surface area contributed by atoms with E-state index in [1.54, 1.807) is 24.9 Å². The molecular formula is C23H27N5O4. The lowest BCUT2D eigenvalue weighted by Crippen LogP contribution is -2.38. The van der Waals surface area contributed by atoms with Crippen molar-refractivity contribution in [3.63, 3.8) is 0 Å². The zero-order valence-corrected chi connectivity index (χ0v) is 18.2. The van der Waals surface area contributed by atoms with E-state index in [0.29, 0.717) is 30.5 Å². The molecule has 0 atom stereocenters. The summed E-state index contributed by atoms with van der Waals surface area (Å²) in [5, 5.41) is 10.1. The Balaban J connectivity index is 1.34. The molecule has 32 heavy (non-hydrogen) atoms. The van der Waals surface area contributed by atoms with Gasteiger partial charge in [-0.15, -0.1) is 0 Å². The molecule has 168 valence electrons. The first kappa shape index (κ1) is 21.5. The number of urea groups is 1. The third kappa shape index (κ3) is 4.77. The predicted octanol–water partition coefficient (Wildman–Crippen LogP) is 2.43. The number of amides is 2. The number of carbonyl (C=O) groups excluding carboxylic acids is 1. The van der Waals surface area contributed by atoms with Crippen molar-refractivity contribution < 1.29 is 14.3 Å². The maximum absolute atomic E-state index is 12.9. The molecule has 3 aromatic rings. The Morgan fingerprint density at radius 1 is 1.06 bits per heavy atom. The van der Waals surface area contributed by atoms with Crippen molar-refractivity contribution in [1.29, 1.82) is 0 Å². The Kier molecular flexibility index (Phi) is 6.44. The first-order valence-electron chi connectivity index (χ1n) is 10.6. The number of nitrogens with zero attached hydrogens (tertiary/aromatic N) is 3. The van der Waals surface area contributed by atoms with Crippen LogP contribution in [0, 0.1) is 0 Å². The molecule has 1 fully saturated rings. The van der Waals surface area contributed by atoms with Crippen LogP contribution in [0.1, 0.15) is 30.1 Å². The summed E-state index contributed by atoms with van der Waals surface area (Å²) >= 11 is 0. The molecule has 2 amide bonds. The molecule has 0 spiro atoms. The van der Waals surface area contributed by atoms with Gasteiger partial charge < -0.3 is 20.1 Å². The van der Waals surface area contributed by atoms with Gasteiger partial charge in [0.2, 0.25) is 0 Å². The maximum Gasteiger partial charge on any atom is 0.350 e. The van der Waals surface area contributed by atoms with Crippen LogP contribution < -0.4 is 25.8 Å². The fraction of sp³-hybridized carbons (Fsp3) is 0.348. The third-order valence-electron chi connectivity index (χ3n) is 5.33. The number of aromatic nitrogens is 3. The molecule has 1 aliphatic carbocycles. The number of ether oxygens (including phenoxy) is 2. The highest BCUT2D eigenvalue weighted by molar-refractivity contribution is 5.73. The topological polar surface area (TPSA) is 99.4 Å². The van der Waals surface area contributed by atoms with Crippen molar-refractivity contribution >= 4 is 6.03 Å². The molecule has 0 radical (unpaired) electrons. The summed E-state index contributed by atoms with van der Waals surface area (Å²) in [6.45, 7) is 0.913. The standard InChI is InChI=1S/C23H27N5O4/c1-31-19-11-8-16(14-20(19)32-2)15-25-22(29)24-12-13-27-23(30)28(18-6-4-3-5-7-18)21(26-27)17-9-10-17/h3-8,11,14,17H,9-10,12-13,15H2,1-2H3,(H2,24,25,29). The quantitative estimate of drug-likeness (QED) is 0.536. The predicted molar refractivity (Wildman–Crippen MR) is 120 cm³/mol. The second-order valence-corrected chi connectivity index (χ2v) is 7.61. The van der Waals surface area contributed by atoms with Gasteiger partial charge in [0.05, 0.1) is 26.5 Å². The third-order valence-corrected chi connectivity index (χ3v) is 5.33. The molecular weight excluding hydrogens is 410 g/mol. The van der Waals surface area contributed by atoms with E-state index in [1.165, 1.54) is 4.68 Å². The van der Waals surface area contributed by atoms with Crippen LogP contribution in [0.5, 0.6) is 11.5 Å². The van der Waals surface area contributed by atoms with Crippen LogP contribution in [0.4, 0.5) is 4.79 Å². The Morgan fingerprint density at radius 3 is 2.50 bits per heavy atom. The minimum absolute atomic E-state index is 0.189. The average molecular weight is 438 g/mol. The Labute approximate surface area is 186 Å². The van der Waals surface area contributed by atoms with Crippen molar-refractivity contribution in [2.75, 3.05) is 20.8 Å². The SMILES string of the molecule is COc1ccc(CNC(=O)NCCn2nc(C3CC3)n(-c3ccccc3)c2=O)cc1OC. The van der Waals surface area contributed by atoms with E-state index < -0.39 is 0 Å². The van der Waals surface area contributed by atoms with Crippen molar-refractivity contribution in [1.82, 2.24) is 25.0 Å². The van der Waals surface area contributed by atoms with Crippen LogP contribution in [0.3, 0.4) is 0 Å². The van der Waals surface area contributed by atoms with Gasteiger partial charge in [-0.25, -0.2) is 18.8 Å². The molecule has 1 aliphatic rings. The highest BCUT2D eigenvalue weighted by atomic mass is 16.5. The van der Waals surface area contributed by atoms with Gasteiger partial charge in [0.15, 0.2) is 11.5 Å². The summed E-state index contributed by atoms with van der Waals surface area (Å²) in [5.41, 5.74) is 1.50. The van der Waals surface area contributed by atoms with Crippen molar-refractivity contribution in [2.45, 2.75) is 31.8 Å². The number of methoxy groups -OCH3 is 2. The van der Waals surface area contributed by atoms with Crippen LogP contribution in [-0.2, 0) is 13.1 Å². The minimum Gasteiger partial charge on any atom is -0.493 e. The van der Waals surface area contributed by atoms with Gasteiger partial charge in [-0.3, -0.25) is 0 Å². The zero-order valence-electron chi connectivity index (χ0n) is 18.2. The van der Waals surface area contributed by atoms with E-state index in [1.807, 2.05) is 42.5 Å². The highest BCUT2D eigenvalue weighted by Gasteiger charge is 2.31. The summed E-state index contributed by atoms with van der Waals surface area (Å²) < 4.78 is 13.6. The fourth-order valence-electron chi connectivity index (χ4n) is 3.51. The molecule has 1 heterocycles. The van der Waals surface area contributed by atoms with Crippen LogP contribution in [0.2, 0.25) is 0 Å². The molecule has 1 saturated carbocycles. The van der Waals surface area contributed by atoms with Gasteiger partial charge in [-0.05, 0) is 42.7 Å². The van der Waals surface area contributed by atoms with Gasteiger partial charge >= 0.3 is 11.7 Å². The summed E-state index contributed by atoms with van der Waals surface area (Å²) in [6.07, 6.45) is 2.08. The van der Waals surface area contributed by atoms with Crippen molar-refractivity contribution in [2.24, 2.45) is 0 Å². The Hall–Kier alpha value is -3.75. The maximum atomic E-state index is 12.9. The molecule has 0 bridgehead atoms. The van der Waals surface area contributed by atoms with Crippen LogP contribution in [0.15, 0.2) is 53.3 Å². The van der Waals surface area contributed by atoms with Gasteiger partial charge in [0, 0.05) is 19.0 Å². The molecule has 2 N–H and O–H groups in total. The van der Waals surface area contributed by atoms with E-state index in [9.17, 15) is 9.59 Å². The normalized spacial score (nSPS) is 12.9. The molecule has 0 saturated heterocycles. The monoisotopic (exact) mass is 437 g/mol. The molecule has 9 heteroatoms. The van der Waals surface area contributed by atoms with E-state index >= 15 is 0 Å². The zero-order chi connectivity index (χ0) is 22.5. The molecule has 1 aromatic heterocycles. The average Bonchev–Trinajstić information content (AvgIpc) is 3.62. The summed E-state index contributed by atoms with van der Waals surface area (Å²) in [6, 6.07) is 14.7. The second-order valence-electron chi connectivity index (χ2n) is 7.61. The Bertz CT molecular complexity index is 1140. The first-order valence-corrected chi connectivity index (χ1v) is 10.6. The largest absolute Gasteiger partial charge is 0.493 e. The summed E-state index contributed by atoms with van der Waals surface area (Å²) in [4.78, 5) is 25.1. The molecule has 9 nitrogen and oxygen atoms in total. The number of carbonyl (C=O) groups is 1. The molecule has 4 rings (SSSR count). The minimum atomic E-state index is -0.322. The van der Waals surface area contributed by atoms with Gasteiger partial charge in [0.25, 0.3) is 0 Å². The van der Waals surface area contributed by atoms with E-state index in [4.69, 9.17) is 9.47 Å². The number of para-hydroxylation sites is 1. The highest BCUT2D eigenvalue weighted by Crippen LogP contribution is 2.39. The number of hydrogen-bond acceptors (Lipinski definition) is 5. The molecule has 0 aliphatic heterocycles. The van der Waals surface area contributed by atoms with Gasteiger partial charge in [-0.2, -0.15) is 5.10 Å². The van der Waals surface area contributed by atoms with Crippen molar-refractivity contribution in [3.05, 3.63) is 70.4 Å². The summed E-state index contributed by atoms with van der Waals surface area (Å²) in [5.74, 6) is 2.35.